The lowest BCUT2D eigenvalue weighted by molar-refractivity contribution is -0.118. The molecule has 0 spiro atoms. The number of allylic oxidation sites excluding steroid dienone is 4. The molecule has 102 valence electrons. The zero-order chi connectivity index (χ0) is 14.1. The molecule has 1 saturated heterocycles. The van der Waals surface area contributed by atoms with Crippen LogP contribution in [0, 0.1) is 0 Å². The molecule has 8 heteroatoms. The number of carbonyl (C=O) groups is 2. The molecule has 3 rings (SSSR count). The van der Waals surface area contributed by atoms with Crippen LogP contribution in [0.25, 0.3) is 5.57 Å². The van der Waals surface area contributed by atoms with E-state index in [0.717, 1.165) is 6.20 Å². The SMILES string of the molecule is O=C1CN(C2=C(c3nncc(=O)[nH]3)C=CCC2=O)CN1. The molecule has 0 unspecified atom stereocenters. The lowest BCUT2D eigenvalue weighted by Gasteiger charge is -2.22. The van der Waals surface area contributed by atoms with Gasteiger partial charge in [0, 0.05) is 12.0 Å². The minimum Gasteiger partial charge on any atom is -0.341 e. The topological polar surface area (TPSA) is 108 Å². The Morgan fingerprint density at radius 1 is 1.25 bits per heavy atom. The van der Waals surface area contributed by atoms with Crippen LogP contribution >= 0.6 is 0 Å². The van der Waals surface area contributed by atoms with Gasteiger partial charge in [-0.25, -0.2) is 0 Å². The summed E-state index contributed by atoms with van der Waals surface area (Å²) in [4.78, 5) is 38.9. The summed E-state index contributed by atoms with van der Waals surface area (Å²) in [7, 11) is 0. The van der Waals surface area contributed by atoms with Gasteiger partial charge in [-0.05, 0) is 0 Å². The van der Waals surface area contributed by atoms with Crippen molar-refractivity contribution in [2.24, 2.45) is 0 Å². The van der Waals surface area contributed by atoms with Crippen molar-refractivity contribution in [3.05, 3.63) is 40.2 Å². The van der Waals surface area contributed by atoms with Gasteiger partial charge in [-0.2, -0.15) is 5.10 Å². The van der Waals surface area contributed by atoms with Crippen LogP contribution in [0.4, 0.5) is 0 Å². The molecule has 8 nitrogen and oxygen atoms in total. The molecule has 1 fully saturated rings. The number of ketones is 1. The number of nitrogens with one attached hydrogen (secondary N) is 2. The van der Waals surface area contributed by atoms with E-state index in [1.807, 2.05) is 0 Å². The van der Waals surface area contributed by atoms with Gasteiger partial charge in [0.2, 0.25) is 5.91 Å². The van der Waals surface area contributed by atoms with Crippen LogP contribution in [0.2, 0.25) is 0 Å². The Bertz CT molecular complexity index is 703. The molecule has 0 radical (unpaired) electrons. The Kier molecular flexibility index (Phi) is 2.90. The number of nitrogens with zero attached hydrogens (tertiary/aromatic N) is 3. The number of Topliss-reactive ketones (excluding diaryl/α,β-unsaturated/α-hetero) is 1. The molecule has 2 heterocycles. The average Bonchev–Trinajstić information content (AvgIpc) is 2.85. The normalized spacial score (nSPS) is 18.7. The third-order valence-corrected chi connectivity index (χ3v) is 3.05. The molecule has 2 aliphatic rings. The molecular weight excluding hydrogens is 262 g/mol. The van der Waals surface area contributed by atoms with E-state index in [-0.39, 0.29) is 37.1 Å². The van der Waals surface area contributed by atoms with Crippen molar-refractivity contribution in [3.63, 3.8) is 0 Å². The molecule has 0 aromatic carbocycles. The van der Waals surface area contributed by atoms with E-state index in [9.17, 15) is 14.4 Å². The molecular formula is C12H11N5O3. The highest BCUT2D eigenvalue weighted by atomic mass is 16.2. The molecule has 1 aliphatic heterocycles. The lowest BCUT2D eigenvalue weighted by atomic mass is 10.0. The summed E-state index contributed by atoms with van der Waals surface area (Å²) in [5.74, 6) is -0.0477. The molecule has 0 bridgehead atoms. The van der Waals surface area contributed by atoms with E-state index in [4.69, 9.17) is 0 Å². The molecule has 1 aliphatic carbocycles. The Morgan fingerprint density at radius 2 is 2.10 bits per heavy atom. The fourth-order valence-corrected chi connectivity index (χ4v) is 2.21. The van der Waals surface area contributed by atoms with Crippen LogP contribution in [0.3, 0.4) is 0 Å². The largest absolute Gasteiger partial charge is 0.341 e. The summed E-state index contributed by atoms with van der Waals surface area (Å²) in [6.07, 6.45) is 4.71. The molecule has 2 N–H and O–H groups in total. The van der Waals surface area contributed by atoms with E-state index < -0.39 is 5.56 Å². The first-order valence-electron chi connectivity index (χ1n) is 6.03. The summed E-state index contributed by atoms with van der Waals surface area (Å²) in [6.45, 7) is 0.380. The van der Waals surface area contributed by atoms with Crippen molar-refractivity contribution in [1.82, 2.24) is 25.4 Å². The lowest BCUT2D eigenvalue weighted by Crippen LogP contribution is -2.29. The van der Waals surface area contributed by atoms with Crippen molar-refractivity contribution >= 4 is 17.3 Å². The van der Waals surface area contributed by atoms with E-state index in [1.165, 1.54) is 0 Å². The van der Waals surface area contributed by atoms with Gasteiger partial charge in [0.15, 0.2) is 11.6 Å². The predicted octanol–water partition coefficient (Wildman–Crippen LogP) is -1.21. The van der Waals surface area contributed by atoms with E-state index in [2.05, 4.69) is 20.5 Å². The summed E-state index contributed by atoms with van der Waals surface area (Å²) >= 11 is 0. The van der Waals surface area contributed by atoms with Crippen molar-refractivity contribution in [1.29, 1.82) is 0 Å². The first-order valence-corrected chi connectivity index (χ1v) is 6.03. The van der Waals surface area contributed by atoms with Crippen molar-refractivity contribution in [3.8, 4) is 0 Å². The highest BCUT2D eigenvalue weighted by Crippen LogP contribution is 2.25. The highest BCUT2D eigenvalue weighted by Gasteiger charge is 2.29. The number of rotatable bonds is 2. The van der Waals surface area contributed by atoms with Crippen LogP contribution < -0.4 is 10.9 Å². The van der Waals surface area contributed by atoms with Gasteiger partial charge in [0.05, 0.1) is 18.9 Å². The molecule has 1 amide bonds. The maximum atomic E-state index is 12.1. The first kappa shape index (κ1) is 12.3. The second-order valence-electron chi connectivity index (χ2n) is 4.43. The van der Waals surface area contributed by atoms with Gasteiger partial charge in [-0.15, -0.1) is 5.10 Å². The fourth-order valence-electron chi connectivity index (χ4n) is 2.21. The van der Waals surface area contributed by atoms with Gasteiger partial charge in [-0.1, -0.05) is 12.2 Å². The Hall–Kier alpha value is -2.77. The van der Waals surface area contributed by atoms with Gasteiger partial charge >= 0.3 is 0 Å². The number of carbonyl (C=O) groups excluding carboxylic acids is 2. The zero-order valence-corrected chi connectivity index (χ0v) is 10.4. The van der Waals surface area contributed by atoms with Crippen LogP contribution in [-0.2, 0) is 9.59 Å². The van der Waals surface area contributed by atoms with Crippen LogP contribution in [0.1, 0.15) is 12.2 Å². The second-order valence-corrected chi connectivity index (χ2v) is 4.43. The number of hydrogen-bond acceptors (Lipinski definition) is 6. The summed E-state index contributed by atoms with van der Waals surface area (Å²) in [5.41, 5.74) is 0.453. The van der Waals surface area contributed by atoms with Gasteiger partial charge in [-0.3, -0.25) is 14.4 Å². The Morgan fingerprint density at radius 3 is 2.80 bits per heavy atom. The smallest absolute Gasteiger partial charge is 0.269 e. The maximum absolute atomic E-state index is 12.1. The average molecular weight is 273 g/mol. The number of aromatic nitrogens is 3. The third-order valence-electron chi connectivity index (χ3n) is 3.05. The van der Waals surface area contributed by atoms with Gasteiger partial charge in [0.25, 0.3) is 5.56 Å². The second kappa shape index (κ2) is 4.72. The molecule has 20 heavy (non-hydrogen) atoms. The quantitative estimate of drug-likeness (QED) is 0.700. The van der Waals surface area contributed by atoms with E-state index in [1.54, 1.807) is 17.1 Å². The minimum absolute atomic E-state index is 0.114. The van der Waals surface area contributed by atoms with Crippen molar-refractivity contribution in [2.75, 3.05) is 13.2 Å². The Labute approximate surface area is 113 Å². The summed E-state index contributed by atoms with van der Waals surface area (Å²) < 4.78 is 0. The van der Waals surface area contributed by atoms with E-state index >= 15 is 0 Å². The maximum Gasteiger partial charge on any atom is 0.269 e. The fraction of sp³-hybridized carbons (Fsp3) is 0.250. The number of amides is 1. The zero-order valence-electron chi connectivity index (χ0n) is 10.4. The van der Waals surface area contributed by atoms with E-state index in [0.29, 0.717) is 11.3 Å². The van der Waals surface area contributed by atoms with Crippen LogP contribution in [-0.4, -0.2) is 45.0 Å². The highest BCUT2D eigenvalue weighted by molar-refractivity contribution is 6.06. The van der Waals surface area contributed by atoms with Gasteiger partial charge < -0.3 is 15.2 Å². The molecule has 1 aromatic heterocycles. The van der Waals surface area contributed by atoms with Crippen LogP contribution in [0.5, 0.6) is 0 Å². The standard InChI is InChI=1S/C12H11N5O3/c18-8-3-1-2-7(12-15-9(19)4-14-16-12)11(8)17-5-10(20)13-6-17/h1-2,4H,3,5-6H2,(H,13,20)(H,15,16,19). The molecule has 1 aromatic rings. The first-order chi connectivity index (χ1) is 9.65. The number of H-pyrrole nitrogens is 1. The van der Waals surface area contributed by atoms with Crippen LogP contribution in [0.15, 0.2) is 28.8 Å². The summed E-state index contributed by atoms with van der Waals surface area (Å²) in [6, 6.07) is 0. The predicted molar refractivity (Wildman–Crippen MR) is 68.1 cm³/mol. The Balaban J connectivity index is 2.11. The summed E-state index contributed by atoms with van der Waals surface area (Å²) in [5, 5.41) is 10.1. The van der Waals surface area contributed by atoms with Crippen molar-refractivity contribution < 1.29 is 9.59 Å². The monoisotopic (exact) mass is 273 g/mol. The number of aromatic amines is 1. The van der Waals surface area contributed by atoms with Crippen molar-refractivity contribution in [2.45, 2.75) is 6.42 Å². The van der Waals surface area contributed by atoms with Gasteiger partial charge in [0.1, 0.15) is 6.20 Å². The molecule has 0 saturated carbocycles. The minimum atomic E-state index is -0.399. The molecule has 0 atom stereocenters. The third kappa shape index (κ3) is 2.11. The number of hydrogen-bond donors (Lipinski definition) is 2.